The number of anilines is 1. The van der Waals surface area contributed by atoms with E-state index in [1.165, 1.54) is 0 Å². The molecule has 1 fully saturated rings. The van der Waals surface area contributed by atoms with Gasteiger partial charge in [-0.2, -0.15) is 5.10 Å². The van der Waals surface area contributed by atoms with Crippen LogP contribution in [0, 0.1) is 11.8 Å². The number of carbonyl (C=O) groups is 1. The number of nitrogens with one attached hydrogen (secondary N) is 3. The van der Waals surface area contributed by atoms with Crippen LogP contribution in [0.15, 0.2) is 28.7 Å². The molecule has 0 spiro atoms. The highest BCUT2D eigenvalue weighted by Gasteiger charge is 2.29. The van der Waals surface area contributed by atoms with Crippen molar-refractivity contribution >= 4 is 27.7 Å². The number of benzene rings is 1. The number of hydrogen-bond acceptors (Lipinski definition) is 3. The van der Waals surface area contributed by atoms with Gasteiger partial charge in [-0.1, -0.05) is 41.9 Å². The highest BCUT2D eigenvalue weighted by atomic mass is 79.9. The van der Waals surface area contributed by atoms with E-state index in [9.17, 15) is 4.79 Å². The molecule has 122 valence electrons. The smallest absolute Gasteiger partial charge is 0.228 e. The Kier molecular flexibility index (Phi) is 4.82. The first-order valence-electron chi connectivity index (χ1n) is 7.95. The predicted molar refractivity (Wildman–Crippen MR) is 95.3 cm³/mol. The van der Waals surface area contributed by atoms with Crippen LogP contribution >= 0.6 is 15.9 Å². The van der Waals surface area contributed by atoms with Gasteiger partial charge in [0.2, 0.25) is 5.91 Å². The first kappa shape index (κ1) is 16.2. The maximum absolute atomic E-state index is 12.4. The molecule has 0 bridgehead atoms. The van der Waals surface area contributed by atoms with Crippen LogP contribution in [-0.2, 0) is 11.2 Å². The molecule has 5 nitrogen and oxygen atoms in total. The molecule has 6 heteroatoms. The number of carbonyl (C=O) groups excluding carboxylic acids is 1. The average Bonchev–Trinajstić information content (AvgIpc) is 2.88. The summed E-state index contributed by atoms with van der Waals surface area (Å²) in [6.07, 6.45) is 0.802. The summed E-state index contributed by atoms with van der Waals surface area (Å²) < 4.78 is 1.04. The van der Waals surface area contributed by atoms with Gasteiger partial charge >= 0.3 is 0 Å². The molecule has 1 saturated heterocycles. The second kappa shape index (κ2) is 6.84. The fourth-order valence-corrected chi connectivity index (χ4v) is 3.04. The van der Waals surface area contributed by atoms with Gasteiger partial charge in [-0.3, -0.25) is 9.89 Å². The van der Waals surface area contributed by atoms with Crippen LogP contribution < -0.4 is 10.6 Å². The van der Waals surface area contributed by atoms with Gasteiger partial charge in [0.1, 0.15) is 0 Å². The number of nitrogens with zero attached hydrogens (tertiary/aromatic N) is 1. The molecular formula is C17H21BrN4O. The van der Waals surface area contributed by atoms with Crippen molar-refractivity contribution in [2.24, 2.45) is 11.8 Å². The quantitative estimate of drug-likeness (QED) is 0.750. The number of hydrogen-bond donors (Lipinski definition) is 3. The van der Waals surface area contributed by atoms with Crippen molar-refractivity contribution in [3.05, 3.63) is 34.3 Å². The molecule has 23 heavy (non-hydrogen) atoms. The minimum atomic E-state index is -0.00575. The van der Waals surface area contributed by atoms with E-state index in [-0.39, 0.29) is 11.8 Å². The number of halogens is 1. The molecule has 3 N–H and O–H groups in total. The zero-order valence-corrected chi connectivity index (χ0v) is 14.9. The Labute approximate surface area is 144 Å². The second-order valence-electron chi connectivity index (χ2n) is 5.98. The first-order chi connectivity index (χ1) is 11.1. The molecule has 0 aliphatic carbocycles. The van der Waals surface area contributed by atoms with Crippen LogP contribution in [0.3, 0.4) is 0 Å². The Morgan fingerprint density at radius 1 is 1.39 bits per heavy atom. The Bertz CT molecular complexity index is 691. The molecule has 1 aromatic heterocycles. The van der Waals surface area contributed by atoms with Crippen LogP contribution in [0.5, 0.6) is 0 Å². The molecule has 1 aliphatic rings. The normalized spacial score (nSPS) is 16.0. The summed E-state index contributed by atoms with van der Waals surface area (Å²) in [6, 6.07) is 8.06. The van der Waals surface area contributed by atoms with Crippen molar-refractivity contribution < 1.29 is 4.79 Å². The maximum atomic E-state index is 12.4. The molecule has 1 aromatic carbocycles. The molecule has 2 aromatic rings. The van der Waals surface area contributed by atoms with Gasteiger partial charge in [-0.05, 0) is 43.1 Å². The van der Waals surface area contributed by atoms with E-state index in [0.717, 1.165) is 40.8 Å². The lowest BCUT2D eigenvalue weighted by atomic mass is 9.88. The lowest BCUT2D eigenvalue weighted by Crippen LogP contribution is -2.48. The number of amides is 1. The van der Waals surface area contributed by atoms with Crippen molar-refractivity contribution in [1.82, 2.24) is 15.5 Å². The largest absolute Gasteiger partial charge is 0.316 e. The Hall–Kier alpha value is -1.66. The maximum Gasteiger partial charge on any atom is 0.228 e. The molecule has 1 aliphatic heterocycles. The Morgan fingerprint density at radius 3 is 2.65 bits per heavy atom. The van der Waals surface area contributed by atoms with Crippen molar-refractivity contribution in [3.8, 4) is 11.3 Å². The molecule has 1 amide bonds. The third-order valence-electron chi connectivity index (χ3n) is 4.53. The van der Waals surface area contributed by atoms with Gasteiger partial charge in [-0.25, -0.2) is 0 Å². The summed E-state index contributed by atoms with van der Waals surface area (Å²) in [5, 5.41) is 13.6. The topological polar surface area (TPSA) is 69.8 Å². The van der Waals surface area contributed by atoms with Crippen LogP contribution in [0.25, 0.3) is 11.3 Å². The van der Waals surface area contributed by atoms with Crippen molar-refractivity contribution in [2.45, 2.75) is 20.3 Å². The molecule has 1 unspecified atom stereocenters. The summed E-state index contributed by atoms with van der Waals surface area (Å²) in [4.78, 5) is 12.4. The zero-order valence-electron chi connectivity index (χ0n) is 13.3. The monoisotopic (exact) mass is 376 g/mol. The van der Waals surface area contributed by atoms with Gasteiger partial charge in [0, 0.05) is 16.0 Å². The summed E-state index contributed by atoms with van der Waals surface area (Å²) in [7, 11) is 0. The lowest BCUT2D eigenvalue weighted by Gasteiger charge is -2.31. The Balaban J connectivity index is 1.80. The number of aromatic amines is 1. The Morgan fingerprint density at radius 2 is 2.09 bits per heavy atom. The highest BCUT2D eigenvalue weighted by Crippen LogP contribution is 2.29. The summed E-state index contributed by atoms with van der Waals surface area (Å²) in [6.45, 7) is 5.89. The number of aromatic nitrogens is 2. The van der Waals surface area contributed by atoms with Crippen molar-refractivity contribution in [1.29, 1.82) is 0 Å². The average molecular weight is 377 g/mol. The summed E-state index contributed by atoms with van der Waals surface area (Å²) in [5.74, 6) is 1.10. The molecule has 1 atom stereocenters. The zero-order chi connectivity index (χ0) is 16.4. The van der Waals surface area contributed by atoms with Gasteiger partial charge in [0.05, 0.1) is 5.69 Å². The molecule has 3 rings (SSSR count). The molecular weight excluding hydrogens is 356 g/mol. The van der Waals surface area contributed by atoms with E-state index in [0.29, 0.717) is 11.7 Å². The van der Waals surface area contributed by atoms with Crippen LogP contribution in [0.4, 0.5) is 5.82 Å². The summed E-state index contributed by atoms with van der Waals surface area (Å²) >= 11 is 3.45. The van der Waals surface area contributed by atoms with E-state index in [1.807, 2.05) is 31.2 Å². The minimum absolute atomic E-state index is 0.00575. The van der Waals surface area contributed by atoms with Crippen molar-refractivity contribution in [3.63, 3.8) is 0 Å². The summed E-state index contributed by atoms with van der Waals surface area (Å²) in [5.41, 5.74) is 3.07. The fourth-order valence-electron chi connectivity index (χ4n) is 2.78. The van der Waals surface area contributed by atoms with E-state index in [2.05, 4.69) is 43.7 Å². The third-order valence-corrected chi connectivity index (χ3v) is 5.06. The van der Waals surface area contributed by atoms with E-state index in [1.54, 1.807) is 0 Å². The van der Waals surface area contributed by atoms with Crippen LogP contribution in [-0.4, -0.2) is 29.2 Å². The van der Waals surface area contributed by atoms with Gasteiger partial charge in [0.15, 0.2) is 5.82 Å². The molecule has 0 radical (unpaired) electrons. The van der Waals surface area contributed by atoms with E-state index >= 15 is 0 Å². The fraction of sp³-hybridized carbons (Fsp3) is 0.412. The number of H-pyrrole nitrogens is 1. The highest BCUT2D eigenvalue weighted by molar-refractivity contribution is 9.10. The van der Waals surface area contributed by atoms with Gasteiger partial charge < -0.3 is 10.6 Å². The second-order valence-corrected chi connectivity index (χ2v) is 6.90. The standard InChI is InChI=1S/C17H21BrN4O/c1-3-14-15(11-4-6-13(18)7-5-11)21-22-16(14)20-17(23)10(2)12-8-19-9-12/h4-7,10,12,19H,3,8-9H2,1-2H3,(H2,20,21,22,23). The molecule has 2 heterocycles. The van der Waals surface area contributed by atoms with E-state index in [4.69, 9.17) is 0 Å². The van der Waals surface area contributed by atoms with Crippen LogP contribution in [0.2, 0.25) is 0 Å². The lowest BCUT2D eigenvalue weighted by molar-refractivity contribution is -0.121. The third kappa shape index (κ3) is 3.33. The predicted octanol–water partition coefficient (Wildman–Crippen LogP) is 3.20. The van der Waals surface area contributed by atoms with Gasteiger partial charge in [-0.15, -0.1) is 0 Å². The SMILES string of the molecule is CCc1c(NC(=O)C(C)C2CNC2)n[nH]c1-c1ccc(Br)cc1. The van der Waals surface area contributed by atoms with Crippen LogP contribution in [0.1, 0.15) is 19.4 Å². The first-order valence-corrected chi connectivity index (χ1v) is 8.74. The number of rotatable bonds is 5. The van der Waals surface area contributed by atoms with Crippen molar-refractivity contribution in [2.75, 3.05) is 18.4 Å². The van der Waals surface area contributed by atoms with E-state index < -0.39 is 0 Å². The van der Waals surface area contributed by atoms with Gasteiger partial charge in [0.25, 0.3) is 0 Å². The molecule has 0 saturated carbocycles. The minimum Gasteiger partial charge on any atom is -0.316 e.